The van der Waals surface area contributed by atoms with Gasteiger partial charge in [-0.2, -0.15) is 0 Å². The van der Waals surface area contributed by atoms with Crippen molar-refractivity contribution < 1.29 is 4.74 Å². The topological polar surface area (TPSA) is 9.23 Å². The molecule has 0 aromatic carbocycles. The van der Waals surface area contributed by atoms with Gasteiger partial charge >= 0.3 is 0 Å². The van der Waals surface area contributed by atoms with Crippen molar-refractivity contribution in [1.82, 2.24) is 0 Å². The van der Waals surface area contributed by atoms with Gasteiger partial charge in [0.2, 0.25) is 0 Å². The van der Waals surface area contributed by atoms with Crippen LogP contribution in [-0.2, 0) is 4.74 Å². The molecular formula is C13H24O. The van der Waals surface area contributed by atoms with Gasteiger partial charge in [0.1, 0.15) is 0 Å². The molecule has 0 unspecified atom stereocenters. The Morgan fingerprint density at radius 1 is 1.21 bits per heavy atom. The van der Waals surface area contributed by atoms with Crippen molar-refractivity contribution in [2.24, 2.45) is 5.92 Å². The lowest BCUT2D eigenvalue weighted by atomic mass is 9.87. The average Bonchev–Trinajstić information content (AvgIpc) is 2.25. The Morgan fingerprint density at radius 3 is 2.71 bits per heavy atom. The summed E-state index contributed by atoms with van der Waals surface area (Å²) in [7, 11) is 0. The summed E-state index contributed by atoms with van der Waals surface area (Å²) in [6, 6.07) is 0. The van der Waals surface area contributed by atoms with Gasteiger partial charge in [-0.15, -0.1) is 0 Å². The van der Waals surface area contributed by atoms with E-state index in [1.54, 1.807) is 0 Å². The highest BCUT2D eigenvalue weighted by molar-refractivity contribution is 4.72. The minimum Gasteiger partial charge on any atom is -0.502 e. The van der Waals surface area contributed by atoms with Crippen LogP contribution in [0.1, 0.15) is 58.3 Å². The highest BCUT2D eigenvalue weighted by atomic mass is 16.5. The minimum atomic E-state index is 0.922. The van der Waals surface area contributed by atoms with E-state index < -0.39 is 0 Å². The van der Waals surface area contributed by atoms with E-state index in [4.69, 9.17) is 4.74 Å². The smallest absolute Gasteiger partial charge is 0.0875 e. The van der Waals surface area contributed by atoms with Crippen LogP contribution in [0.4, 0.5) is 0 Å². The van der Waals surface area contributed by atoms with Gasteiger partial charge in [0.05, 0.1) is 12.9 Å². The maximum Gasteiger partial charge on any atom is 0.0875 e. The quantitative estimate of drug-likeness (QED) is 0.455. The number of allylic oxidation sites excluding steroid dienone is 1. The van der Waals surface area contributed by atoms with Crippen molar-refractivity contribution in [2.75, 3.05) is 6.61 Å². The summed E-state index contributed by atoms with van der Waals surface area (Å²) in [5.41, 5.74) is 0. The lowest BCUT2D eigenvalue weighted by Crippen LogP contribution is -2.08. The molecule has 0 aliphatic heterocycles. The molecule has 0 N–H and O–H groups in total. The average molecular weight is 196 g/mol. The van der Waals surface area contributed by atoms with Crippen LogP contribution in [0, 0.1) is 5.92 Å². The number of hydrogen-bond acceptors (Lipinski definition) is 1. The molecule has 14 heavy (non-hydrogen) atoms. The zero-order valence-electron chi connectivity index (χ0n) is 9.50. The molecule has 0 aromatic rings. The molecule has 1 fully saturated rings. The Balaban J connectivity index is 1.92. The SMILES string of the molecule is CCCC=COCCC1CCCCC1. The third kappa shape index (κ3) is 5.31. The summed E-state index contributed by atoms with van der Waals surface area (Å²) in [5, 5.41) is 0. The molecule has 1 nitrogen and oxygen atoms in total. The fourth-order valence-electron chi connectivity index (χ4n) is 2.08. The van der Waals surface area contributed by atoms with E-state index in [2.05, 4.69) is 13.0 Å². The predicted molar refractivity (Wildman–Crippen MR) is 61.2 cm³/mol. The first-order valence-electron chi connectivity index (χ1n) is 6.20. The van der Waals surface area contributed by atoms with E-state index in [-0.39, 0.29) is 0 Å². The Bertz CT molecular complexity index is 145. The summed E-state index contributed by atoms with van der Waals surface area (Å²) in [5.74, 6) is 0.948. The van der Waals surface area contributed by atoms with Crippen molar-refractivity contribution in [3.05, 3.63) is 12.3 Å². The maximum absolute atomic E-state index is 5.46. The molecule has 0 saturated heterocycles. The number of ether oxygens (including phenoxy) is 1. The first-order chi connectivity index (χ1) is 6.93. The van der Waals surface area contributed by atoms with E-state index >= 15 is 0 Å². The van der Waals surface area contributed by atoms with E-state index in [0.29, 0.717) is 0 Å². The number of unbranched alkanes of at least 4 members (excludes halogenated alkanes) is 1. The van der Waals surface area contributed by atoms with Gasteiger partial charge in [0.25, 0.3) is 0 Å². The third-order valence-electron chi connectivity index (χ3n) is 3.02. The molecule has 0 aromatic heterocycles. The Kier molecular flexibility index (Phi) is 6.55. The molecule has 0 spiro atoms. The molecule has 0 heterocycles. The summed E-state index contributed by atoms with van der Waals surface area (Å²) in [4.78, 5) is 0. The highest BCUT2D eigenvalue weighted by Crippen LogP contribution is 2.25. The molecule has 1 heteroatoms. The van der Waals surface area contributed by atoms with Crippen molar-refractivity contribution in [2.45, 2.75) is 58.3 Å². The fourth-order valence-corrected chi connectivity index (χ4v) is 2.08. The lowest BCUT2D eigenvalue weighted by Gasteiger charge is -2.20. The predicted octanol–water partition coefficient (Wildman–Crippen LogP) is 4.29. The van der Waals surface area contributed by atoms with Gasteiger partial charge in [-0.1, -0.05) is 45.4 Å². The molecule has 1 saturated carbocycles. The first-order valence-corrected chi connectivity index (χ1v) is 6.20. The van der Waals surface area contributed by atoms with Crippen LogP contribution in [0.15, 0.2) is 12.3 Å². The fraction of sp³-hybridized carbons (Fsp3) is 0.846. The van der Waals surface area contributed by atoms with Gasteiger partial charge in [-0.25, -0.2) is 0 Å². The molecule has 0 radical (unpaired) electrons. The second-order valence-electron chi connectivity index (χ2n) is 4.32. The van der Waals surface area contributed by atoms with Crippen LogP contribution in [0.25, 0.3) is 0 Å². The van der Waals surface area contributed by atoms with Crippen LogP contribution in [0.3, 0.4) is 0 Å². The van der Waals surface area contributed by atoms with Crippen molar-refractivity contribution in [3.63, 3.8) is 0 Å². The zero-order valence-corrected chi connectivity index (χ0v) is 9.50. The molecule has 1 aliphatic carbocycles. The number of rotatable bonds is 6. The van der Waals surface area contributed by atoms with Crippen LogP contribution in [0.5, 0.6) is 0 Å². The summed E-state index contributed by atoms with van der Waals surface area (Å²) in [6.45, 7) is 3.11. The Morgan fingerprint density at radius 2 is 2.00 bits per heavy atom. The van der Waals surface area contributed by atoms with Crippen LogP contribution in [0.2, 0.25) is 0 Å². The van der Waals surface area contributed by atoms with E-state index in [9.17, 15) is 0 Å². The van der Waals surface area contributed by atoms with E-state index in [1.165, 1.54) is 44.9 Å². The normalized spacial score (nSPS) is 18.9. The molecule has 1 rings (SSSR count). The molecular weight excluding hydrogens is 172 g/mol. The highest BCUT2D eigenvalue weighted by Gasteiger charge is 2.12. The van der Waals surface area contributed by atoms with Crippen molar-refractivity contribution >= 4 is 0 Å². The molecule has 0 amide bonds. The monoisotopic (exact) mass is 196 g/mol. The minimum absolute atomic E-state index is 0.922. The first kappa shape index (κ1) is 11.6. The number of hydrogen-bond donors (Lipinski definition) is 0. The van der Waals surface area contributed by atoms with Gasteiger partial charge in [0, 0.05) is 0 Å². The van der Waals surface area contributed by atoms with Gasteiger partial charge in [-0.3, -0.25) is 0 Å². The van der Waals surface area contributed by atoms with Gasteiger partial charge in [0.15, 0.2) is 0 Å². The van der Waals surface area contributed by atoms with Gasteiger partial charge < -0.3 is 4.74 Å². The second kappa shape index (κ2) is 7.90. The summed E-state index contributed by atoms with van der Waals surface area (Å²) >= 11 is 0. The molecule has 82 valence electrons. The van der Waals surface area contributed by atoms with Crippen LogP contribution < -0.4 is 0 Å². The van der Waals surface area contributed by atoms with E-state index in [0.717, 1.165) is 18.9 Å². The summed E-state index contributed by atoms with van der Waals surface area (Å²) < 4.78 is 5.46. The van der Waals surface area contributed by atoms with Crippen molar-refractivity contribution in [3.8, 4) is 0 Å². The third-order valence-corrected chi connectivity index (χ3v) is 3.02. The Hall–Kier alpha value is -0.460. The second-order valence-corrected chi connectivity index (χ2v) is 4.32. The summed E-state index contributed by atoms with van der Waals surface area (Å²) in [6.07, 6.45) is 14.8. The Labute approximate surface area is 88.5 Å². The zero-order chi connectivity index (χ0) is 10.1. The molecule has 0 bridgehead atoms. The lowest BCUT2D eigenvalue weighted by molar-refractivity contribution is 0.202. The van der Waals surface area contributed by atoms with Gasteiger partial charge in [-0.05, 0) is 24.8 Å². The maximum atomic E-state index is 5.46. The molecule has 0 atom stereocenters. The largest absolute Gasteiger partial charge is 0.502 e. The standard InChI is InChI=1S/C13H24O/c1-2-3-7-11-14-12-10-13-8-5-4-6-9-13/h7,11,13H,2-6,8-10,12H2,1H3. The van der Waals surface area contributed by atoms with E-state index in [1.807, 2.05) is 6.26 Å². The van der Waals surface area contributed by atoms with Crippen molar-refractivity contribution in [1.29, 1.82) is 0 Å². The van der Waals surface area contributed by atoms with Crippen LogP contribution in [-0.4, -0.2) is 6.61 Å². The molecule has 1 aliphatic rings. The van der Waals surface area contributed by atoms with Crippen LogP contribution >= 0.6 is 0 Å².